The molecular formula is C10H18N2O3. The van der Waals surface area contributed by atoms with Crippen LogP contribution in [0.3, 0.4) is 0 Å². The largest absolute Gasteiger partial charge is 0.346 e. The summed E-state index contributed by atoms with van der Waals surface area (Å²) < 4.78 is 0. The molecule has 5 heteroatoms. The topological polar surface area (TPSA) is 57.7 Å². The van der Waals surface area contributed by atoms with Crippen LogP contribution in [0.15, 0.2) is 0 Å². The lowest BCUT2D eigenvalue weighted by molar-refractivity contribution is -0.142. The van der Waals surface area contributed by atoms with Gasteiger partial charge in [-0.2, -0.15) is 0 Å². The van der Waals surface area contributed by atoms with Crippen molar-refractivity contribution < 1.29 is 14.4 Å². The highest BCUT2D eigenvalue weighted by Crippen LogP contribution is 1.96. The second-order valence-corrected chi connectivity index (χ2v) is 3.48. The molecule has 0 aromatic rings. The first-order chi connectivity index (χ1) is 6.86. The fourth-order valence-electron chi connectivity index (χ4n) is 1.16. The predicted molar refractivity (Wildman–Crippen MR) is 56.0 cm³/mol. The van der Waals surface area contributed by atoms with Crippen molar-refractivity contribution in [2.45, 2.75) is 27.2 Å². The second-order valence-electron chi connectivity index (χ2n) is 3.48. The lowest BCUT2D eigenvalue weighted by Crippen LogP contribution is -2.36. The molecule has 0 saturated heterocycles. The highest BCUT2D eigenvalue weighted by atomic mass is 16.2. The number of rotatable bonds is 4. The molecule has 0 spiro atoms. The first kappa shape index (κ1) is 13.6. The van der Waals surface area contributed by atoms with Crippen LogP contribution in [0.2, 0.25) is 0 Å². The Morgan fingerprint density at radius 2 is 1.33 bits per heavy atom. The SMILES string of the molecule is CC(=O)N(C)CCCN(C(C)=O)C(C)=O. The highest BCUT2D eigenvalue weighted by molar-refractivity contribution is 5.92. The summed E-state index contributed by atoms with van der Waals surface area (Å²) in [5.74, 6) is -0.534. The molecule has 0 aromatic carbocycles. The number of hydrogen-bond donors (Lipinski definition) is 0. The van der Waals surface area contributed by atoms with Gasteiger partial charge in [0.15, 0.2) is 0 Å². The minimum atomic E-state index is -0.257. The van der Waals surface area contributed by atoms with Crippen molar-refractivity contribution >= 4 is 17.7 Å². The average Bonchev–Trinajstić information content (AvgIpc) is 2.10. The van der Waals surface area contributed by atoms with Crippen molar-refractivity contribution in [2.75, 3.05) is 20.1 Å². The molecular weight excluding hydrogens is 196 g/mol. The van der Waals surface area contributed by atoms with Crippen LogP contribution < -0.4 is 0 Å². The summed E-state index contributed by atoms with van der Waals surface area (Å²) in [5.41, 5.74) is 0. The van der Waals surface area contributed by atoms with Crippen LogP contribution in [-0.4, -0.2) is 47.7 Å². The molecule has 0 aliphatic rings. The minimum Gasteiger partial charge on any atom is -0.346 e. The number of carbonyl (C=O) groups excluding carboxylic acids is 3. The molecule has 0 aromatic heterocycles. The van der Waals surface area contributed by atoms with Gasteiger partial charge in [-0.1, -0.05) is 0 Å². The van der Waals surface area contributed by atoms with Crippen molar-refractivity contribution in [1.82, 2.24) is 9.80 Å². The molecule has 0 rings (SSSR count). The number of amides is 3. The zero-order chi connectivity index (χ0) is 12.0. The van der Waals surface area contributed by atoms with Crippen LogP contribution in [0, 0.1) is 0 Å². The van der Waals surface area contributed by atoms with Crippen LogP contribution in [0.5, 0.6) is 0 Å². The molecule has 0 fully saturated rings. The Kier molecular flexibility index (Phi) is 5.59. The summed E-state index contributed by atoms with van der Waals surface area (Å²) in [6.45, 7) is 5.11. The maximum absolute atomic E-state index is 11.0. The Morgan fingerprint density at radius 1 is 0.867 bits per heavy atom. The lowest BCUT2D eigenvalue weighted by Gasteiger charge is -2.19. The van der Waals surface area contributed by atoms with Crippen molar-refractivity contribution in [3.8, 4) is 0 Å². The van der Waals surface area contributed by atoms with Crippen LogP contribution in [0.1, 0.15) is 27.2 Å². The van der Waals surface area contributed by atoms with E-state index in [9.17, 15) is 14.4 Å². The second kappa shape index (κ2) is 6.16. The Labute approximate surface area is 90.0 Å². The summed E-state index contributed by atoms with van der Waals surface area (Å²) in [7, 11) is 1.69. The molecule has 0 heterocycles. The quantitative estimate of drug-likeness (QED) is 0.674. The Hall–Kier alpha value is -1.39. The Balaban J connectivity index is 3.97. The van der Waals surface area contributed by atoms with Gasteiger partial charge in [-0.05, 0) is 6.42 Å². The zero-order valence-electron chi connectivity index (χ0n) is 9.74. The van der Waals surface area contributed by atoms with E-state index in [0.29, 0.717) is 19.5 Å². The standard InChI is InChI=1S/C10H18N2O3/c1-8(13)11(4)6-5-7-12(9(2)14)10(3)15/h5-7H2,1-4H3. The third-order valence-electron chi connectivity index (χ3n) is 2.17. The summed E-state index contributed by atoms with van der Waals surface area (Å²) in [6.07, 6.45) is 0.606. The molecule has 0 saturated carbocycles. The van der Waals surface area contributed by atoms with E-state index >= 15 is 0 Å². The molecule has 0 aliphatic heterocycles. The maximum atomic E-state index is 11.0. The third-order valence-corrected chi connectivity index (χ3v) is 2.17. The molecule has 0 N–H and O–H groups in total. The van der Waals surface area contributed by atoms with E-state index in [4.69, 9.17) is 0 Å². The molecule has 3 amide bonds. The van der Waals surface area contributed by atoms with Gasteiger partial charge in [-0.25, -0.2) is 0 Å². The maximum Gasteiger partial charge on any atom is 0.226 e. The predicted octanol–water partition coefficient (Wildman–Crippen LogP) is 0.250. The normalized spacial score (nSPS) is 9.60. The Bertz CT molecular complexity index is 249. The fourth-order valence-corrected chi connectivity index (χ4v) is 1.16. The first-order valence-corrected chi connectivity index (χ1v) is 4.86. The molecule has 0 unspecified atom stereocenters. The van der Waals surface area contributed by atoms with Gasteiger partial charge in [-0.3, -0.25) is 19.3 Å². The van der Waals surface area contributed by atoms with Crippen LogP contribution in [0.4, 0.5) is 0 Å². The Morgan fingerprint density at radius 3 is 1.67 bits per heavy atom. The number of hydrogen-bond acceptors (Lipinski definition) is 3. The van der Waals surface area contributed by atoms with Gasteiger partial charge in [0, 0.05) is 40.9 Å². The van der Waals surface area contributed by atoms with Crippen LogP contribution >= 0.6 is 0 Å². The molecule has 0 radical (unpaired) electrons. The molecule has 0 aliphatic carbocycles. The first-order valence-electron chi connectivity index (χ1n) is 4.86. The van der Waals surface area contributed by atoms with Gasteiger partial charge in [0.1, 0.15) is 0 Å². The molecule has 0 atom stereocenters. The van der Waals surface area contributed by atoms with Gasteiger partial charge < -0.3 is 4.90 Å². The summed E-state index contributed by atoms with van der Waals surface area (Å²) in [5, 5.41) is 0. The van der Waals surface area contributed by atoms with Gasteiger partial charge in [0.25, 0.3) is 0 Å². The van der Waals surface area contributed by atoms with Crippen molar-refractivity contribution in [3.05, 3.63) is 0 Å². The number of nitrogens with zero attached hydrogens (tertiary/aromatic N) is 2. The third kappa shape index (κ3) is 5.15. The summed E-state index contributed by atoms with van der Waals surface area (Å²) in [4.78, 5) is 35.6. The molecule has 86 valence electrons. The minimum absolute atomic E-state index is 0.0211. The van der Waals surface area contributed by atoms with Crippen molar-refractivity contribution in [1.29, 1.82) is 0 Å². The van der Waals surface area contributed by atoms with Gasteiger partial charge >= 0.3 is 0 Å². The van der Waals surface area contributed by atoms with E-state index in [1.165, 1.54) is 25.7 Å². The van der Waals surface area contributed by atoms with E-state index < -0.39 is 0 Å². The molecule has 15 heavy (non-hydrogen) atoms. The monoisotopic (exact) mass is 214 g/mol. The summed E-state index contributed by atoms with van der Waals surface area (Å²) >= 11 is 0. The van der Waals surface area contributed by atoms with Gasteiger partial charge in [0.2, 0.25) is 17.7 Å². The lowest BCUT2D eigenvalue weighted by atomic mass is 10.3. The van der Waals surface area contributed by atoms with Crippen LogP contribution in [0.25, 0.3) is 0 Å². The highest BCUT2D eigenvalue weighted by Gasteiger charge is 2.13. The number of imide groups is 1. The van der Waals surface area contributed by atoms with Crippen LogP contribution in [-0.2, 0) is 14.4 Å². The zero-order valence-corrected chi connectivity index (χ0v) is 9.74. The molecule has 0 bridgehead atoms. The fraction of sp³-hybridized carbons (Fsp3) is 0.700. The van der Waals surface area contributed by atoms with Crippen molar-refractivity contribution in [3.63, 3.8) is 0 Å². The van der Waals surface area contributed by atoms with E-state index in [1.807, 2.05) is 0 Å². The average molecular weight is 214 g/mol. The van der Waals surface area contributed by atoms with E-state index in [2.05, 4.69) is 0 Å². The van der Waals surface area contributed by atoms with Gasteiger partial charge in [-0.15, -0.1) is 0 Å². The van der Waals surface area contributed by atoms with E-state index in [1.54, 1.807) is 11.9 Å². The smallest absolute Gasteiger partial charge is 0.226 e. The molecule has 5 nitrogen and oxygen atoms in total. The van der Waals surface area contributed by atoms with Crippen molar-refractivity contribution in [2.24, 2.45) is 0 Å². The number of carbonyl (C=O) groups is 3. The van der Waals surface area contributed by atoms with Gasteiger partial charge in [0.05, 0.1) is 0 Å². The summed E-state index contributed by atoms with van der Waals surface area (Å²) in [6, 6.07) is 0. The van der Waals surface area contributed by atoms with E-state index in [-0.39, 0.29) is 17.7 Å². The van der Waals surface area contributed by atoms with E-state index in [0.717, 1.165) is 0 Å².